The molecule has 5 nitrogen and oxygen atoms in total. The largest absolute Gasteiger partial charge is 0.322 e. The van der Waals surface area contributed by atoms with Gasteiger partial charge in [0.1, 0.15) is 11.2 Å². The van der Waals surface area contributed by atoms with Gasteiger partial charge in [-0.25, -0.2) is 9.97 Å². The molecule has 0 saturated carbocycles. The highest BCUT2D eigenvalue weighted by Crippen LogP contribution is 2.20. The molecule has 0 atom stereocenters. The number of fused-ring (bicyclic) bond motifs is 3. The zero-order valence-corrected chi connectivity index (χ0v) is 7.88. The van der Waals surface area contributed by atoms with E-state index in [1.54, 1.807) is 12.3 Å². The Balaban J connectivity index is 2.53. The van der Waals surface area contributed by atoms with Crippen LogP contribution >= 0.6 is 0 Å². The van der Waals surface area contributed by atoms with E-state index in [1.807, 2.05) is 28.8 Å². The monoisotopic (exact) mass is 199 g/mol. The third-order valence-electron chi connectivity index (χ3n) is 2.35. The van der Waals surface area contributed by atoms with Crippen molar-refractivity contribution in [3.05, 3.63) is 36.7 Å². The Morgan fingerprint density at radius 1 is 1.27 bits per heavy atom. The highest BCUT2D eigenvalue weighted by atomic mass is 15.2. The van der Waals surface area contributed by atoms with Gasteiger partial charge in [0.15, 0.2) is 5.65 Å². The molecule has 3 N–H and O–H groups in total. The van der Waals surface area contributed by atoms with Crippen LogP contribution in [0.4, 0.5) is 5.69 Å². The molecule has 5 heteroatoms. The lowest BCUT2D eigenvalue weighted by atomic mass is 10.4. The van der Waals surface area contributed by atoms with Crippen molar-refractivity contribution in [2.45, 2.75) is 0 Å². The Labute approximate surface area is 85.5 Å². The van der Waals surface area contributed by atoms with E-state index in [4.69, 9.17) is 5.84 Å². The number of hydrazine groups is 1. The number of nitrogen functional groups attached to an aromatic ring is 1. The first-order valence-electron chi connectivity index (χ1n) is 4.58. The third kappa shape index (κ3) is 1.07. The molecule has 3 heterocycles. The molecular weight excluding hydrogens is 190 g/mol. The van der Waals surface area contributed by atoms with Gasteiger partial charge in [-0.05, 0) is 18.2 Å². The molecule has 0 saturated heterocycles. The summed E-state index contributed by atoms with van der Waals surface area (Å²) in [6.45, 7) is 0. The van der Waals surface area contributed by atoms with Gasteiger partial charge in [-0.1, -0.05) is 6.07 Å². The lowest BCUT2D eigenvalue weighted by Crippen LogP contribution is -2.07. The van der Waals surface area contributed by atoms with Gasteiger partial charge in [-0.15, -0.1) is 0 Å². The molecule has 3 aromatic rings. The SMILES string of the molecule is NNc1ccnc2c1nc1ccccn12. The fourth-order valence-electron chi connectivity index (χ4n) is 1.66. The average molecular weight is 199 g/mol. The predicted octanol–water partition coefficient (Wildman–Crippen LogP) is 1.17. The summed E-state index contributed by atoms with van der Waals surface area (Å²) in [4.78, 5) is 8.73. The van der Waals surface area contributed by atoms with E-state index in [0.29, 0.717) is 0 Å². The quantitative estimate of drug-likeness (QED) is 0.456. The zero-order valence-electron chi connectivity index (χ0n) is 7.88. The minimum atomic E-state index is 0.781. The number of anilines is 1. The van der Waals surface area contributed by atoms with Gasteiger partial charge in [0.05, 0.1) is 5.69 Å². The summed E-state index contributed by atoms with van der Waals surface area (Å²) in [7, 11) is 0. The van der Waals surface area contributed by atoms with E-state index in [9.17, 15) is 0 Å². The number of hydrogen-bond donors (Lipinski definition) is 2. The Bertz CT molecular complexity index is 628. The summed E-state index contributed by atoms with van der Waals surface area (Å²) in [6.07, 6.45) is 3.64. The highest BCUT2D eigenvalue weighted by Gasteiger charge is 2.07. The van der Waals surface area contributed by atoms with Crippen LogP contribution in [0.5, 0.6) is 0 Å². The van der Waals surface area contributed by atoms with Crippen molar-refractivity contribution in [1.29, 1.82) is 0 Å². The average Bonchev–Trinajstić information content (AvgIpc) is 2.67. The van der Waals surface area contributed by atoms with Gasteiger partial charge < -0.3 is 5.43 Å². The molecule has 0 aliphatic rings. The maximum Gasteiger partial charge on any atom is 0.166 e. The number of nitrogens with two attached hydrogens (primary N) is 1. The van der Waals surface area contributed by atoms with Crippen molar-refractivity contribution >= 4 is 22.5 Å². The topological polar surface area (TPSA) is 68.2 Å². The number of hydrogen-bond acceptors (Lipinski definition) is 4. The van der Waals surface area contributed by atoms with Crippen molar-refractivity contribution < 1.29 is 0 Å². The summed E-state index contributed by atoms with van der Waals surface area (Å²) < 4.78 is 1.93. The van der Waals surface area contributed by atoms with Crippen molar-refractivity contribution in [2.24, 2.45) is 5.84 Å². The van der Waals surface area contributed by atoms with Crippen LogP contribution in [0.3, 0.4) is 0 Å². The van der Waals surface area contributed by atoms with Crippen LogP contribution in [0.25, 0.3) is 16.8 Å². The molecule has 0 radical (unpaired) electrons. The van der Waals surface area contributed by atoms with E-state index in [-0.39, 0.29) is 0 Å². The molecule has 0 bridgehead atoms. The van der Waals surface area contributed by atoms with Crippen LogP contribution in [0, 0.1) is 0 Å². The number of rotatable bonds is 1. The van der Waals surface area contributed by atoms with Crippen LogP contribution in [0.15, 0.2) is 36.7 Å². The van der Waals surface area contributed by atoms with Crippen LogP contribution in [0.2, 0.25) is 0 Å². The molecule has 0 unspecified atom stereocenters. The molecule has 15 heavy (non-hydrogen) atoms. The van der Waals surface area contributed by atoms with E-state index >= 15 is 0 Å². The Hall–Kier alpha value is -2.14. The smallest absolute Gasteiger partial charge is 0.166 e. The minimum Gasteiger partial charge on any atom is -0.322 e. The first-order chi connectivity index (χ1) is 7.40. The first-order valence-corrected chi connectivity index (χ1v) is 4.58. The van der Waals surface area contributed by atoms with Crippen molar-refractivity contribution in [3.63, 3.8) is 0 Å². The standard InChI is InChI=1S/C10H9N5/c11-14-7-4-5-12-10-9(7)13-8-3-1-2-6-15(8)10/h1-6H,11H2,(H,12,14). The number of nitrogens with zero attached hydrogens (tertiary/aromatic N) is 3. The molecule has 0 aromatic carbocycles. The molecule has 3 aromatic heterocycles. The van der Waals surface area contributed by atoms with Gasteiger partial charge in [0.2, 0.25) is 0 Å². The highest BCUT2D eigenvalue weighted by molar-refractivity contribution is 5.88. The first kappa shape index (κ1) is 8.19. The number of pyridine rings is 2. The summed E-state index contributed by atoms with van der Waals surface area (Å²) in [5.74, 6) is 5.41. The summed E-state index contributed by atoms with van der Waals surface area (Å²) >= 11 is 0. The summed E-state index contributed by atoms with van der Waals surface area (Å²) in [5.41, 5.74) is 5.85. The number of nitrogens with one attached hydrogen (secondary N) is 1. The fraction of sp³-hybridized carbons (Fsp3) is 0. The van der Waals surface area contributed by atoms with Gasteiger partial charge in [0, 0.05) is 12.4 Å². The molecule has 0 aliphatic heterocycles. The second-order valence-corrected chi connectivity index (χ2v) is 3.22. The summed E-state index contributed by atoms with van der Waals surface area (Å²) in [6, 6.07) is 7.62. The lowest BCUT2D eigenvalue weighted by molar-refractivity contribution is 1.18. The van der Waals surface area contributed by atoms with E-state index in [2.05, 4.69) is 15.4 Å². The molecule has 0 aliphatic carbocycles. The normalized spacial score (nSPS) is 11.0. The van der Waals surface area contributed by atoms with Crippen molar-refractivity contribution in [2.75, 3.05) is 5.43 Å². The number of aromatic nitrogens is 3. The Morgan fingerprint density at radius 3 is 3.07 bits per heavy atom. The summed E-state index contributed by atoms with van der Waals surface area (Å²) in [5, 5.41) is 0. The van der Waals surface area contributed by atoms with Crippen molar-refractivity contribution in [3.8, 4) is 0 Å². The minimum absolute atomic E-state index is 0.781. The molecule has 0 amide bonds. The second-order valence-electron chi connectivity index (χ2n) is 3.22. The Kier molecular flexibility index (Phi) is 1.60. The maximum absolute atomic E-state index is 5.41. The molecule has 0 spiro atoms. The lowest BCUT2D eigenvalue weighted by Gasteiger charge is -1.98. The second kappa shape index (κ2) is 2.93. The van der Waals surface area contributed by atoms with Crippen LogP contribution in [-0.4, -0.2) is 14.4 Å². The van der Waals surface area contributed by atoms with Crippen LogP contribution in [-0.2, 0) is 0 Å². The van der Waals surface area contributed by atoms with Gasteiger partial charge in [0.25, 0.3) is 0 Å². The van der Waals surface area contributed by atoms with Crippen LogP contribution in [0.1, 0.15) is 0 Å². The van der Waals surface area contributed by atoms with Gasteiger partial charge in [-0.3, -0.25) is 10.2 Å². The fourth-order valence-corrected chi connectivity index (χ4v) is 1.66. The van der Waals surface area contributed by atoms with Crippen LogP contribution < -0.4 is 11.3 Å². The predicted molar refractivity (Wildman–Crippen MR) is 58.3 cm³/mol. The van der Waals surface area contributed by atoms with E-state index < -0.39 is 0 Å². The molecule has 3 rings (SSSR count). The molecular formula is C10H9N5. The van der Waals surface area contributed by atoms with E-state index in [1.165, 1.54) is 0 Å². The molecule has 0 fully saturated rings. The molecule has 74 valence electrons. The van der Waals surface area contributed by atoms with Crippen molar-refractivity contribution in [1.82, 2.24) is 14.4 Å². The Morgan fingerprint density at radius 2 is 2.20 bits per heavy atom. The van der Waals surface area contributed by atoms with E-state index in [0.717, 1.165) is 22.5 Å². The van der Waals surface area contributed by atoms with Gasteiger partial charge >= 0.3 is 0 Å². The zero-order chi connectivity index (χ0) is 10.3. The maximum atomic E-state index is 5.41. The third-order valence-corrected chi connectivity index (χ3v) is 2.35. The van der Waals surface area contributed by atoms with Gasteiger partial charge in [-0.2, -0.15) is 0 Å². The number of imidazole rings is 1.